The molecule has 1 heterocycles. The lowest BCUT2D eigenvalue weighted by molar-refractivity contribution is 0.180. The van der Waals surface area contributed by atoms with Crippen LogP contribution in [0.5, 0.6) is 0 Å². The first-order chi connectivity index (χ1) is 8.65. The third kappa shape index (κ3) is 3.68. The first kappa shape index (κ1) is 15.4. The molecule has 1 rings (SSSR count). The van der Waals surface area contributed by atoms with Gasteiger partial charge in [-0.15, -0.1) is 0 Å². The normalized spacial score (nSPS) is 14.7. The van der Waals surface area contributed by atoms with E-state index < -0.39 is 0 Å². The lowest BCUT2D eigenvalue weighted by atomic mass is 9.95. The van der Waals surface area contributed by atoms with E-state index >= 15 is 0 Å². The lowest BCUT2D eigenvalue weighted by Crippen LogP contribution is -2.34. The van der Waals surface area contributed by atoms with Crippen molar-refractivity contribution in [3.8, 4) is 0 Å². The van der Waals surface area contributed by atoms with Gasteiger partial charge in [0, 0.05) is 7.11 Å². The molecule has 1 aromatic heterocycles. The second-order valence-corrected chi connectivity index (χ2v) is 4.91. The van der Waals surface area contributed by atoms with E-state index in [1.54, 1.807) is 13.3 Å². The van der Waals surface area contributed by atoms with Gasteiger partial charge in [-0.25, -0.2) is 0 Å². The Morgan fingerprint density at radius 2 is 2.33 bits per heavy atom. The Labute approximate surface area is 114 Å². The van der Waals surface area contributed by atoms with Gasteiger partial charge in [0.25, 0.3) is 0 Å². The fourth-order valence-corrected chi connectivity index (χ4v) is 2.43. The van der Waals surface area contributed by atoms with Gasteiger partial charge in [0.2, 0.25) is 0 Å². The van der Waals surface area contributed by atoms with Crippen molar-refractivity contribution in [2.45, 2.75) is 39.3 Å². The summed E-state index contributed by atoms with van der Waals surface area (Å²) < 4.78 is 6.94. The number of nitrogens with zero attached hydrogens (tertiary/aromatic N) is 2. The van der Waals surface area contributed by atoms with Gasteiger partial charge in [-0.3, -0.25) is 16.0 Å². The van der Waals surface area contributed by atoms with Gasteiger partial charge < -0.3 is 4.74 Å². The highest BCUT2D eigenvalue weighted by Crippen LogP contribution is 2.30. The fraction of sp³-hybridized carbons (Fsp3) is 0.750. The molecule has 6 heteroatoms. The predicted octanol–water partition coefficient (Wildman–Crippen LogP) is 2.12. The highest BCUT2D eigenvalue weighted by molar-refractivity contribution is 6.31. The number of hydrazine groups is 1. The second-order valence-electron chi connectivity index (χ2n) is 4.50. The zero-order valence-electron chi connectivity index (χ0n) is 11.3. The van der Waals surface area contributed by atoms with Gasteiger partial charge in [0.15, 0.2) is 0 Å². The molecule has 3 N–H and O–H groups in total. The van der Waals surface area contributed by atoms with Crippen molar-refractivity contribution in [3.05, 3.63) is 16.9 Å². The molecule has 1 aromatic rings. The quantitative estimate of drug-likeness (QED) is 0.563. The van der Waals surface area contributed by atoms with Gasteiger partial charge in [-0.1, -0.05) is 31.9 Å². The minimum absolute atomic E-state index is 0.0109. The summed E-state index contributed by atoms with van der Waals surface area (Å²) in [4.78, 5) is 0. The third-order valence-corrected chi connectivity index (χ3v) is 3.42. The molecule has 0 bridgehead atoms. The van der Waals surface area contributed by atoms with Crippen molar-refractivity contribution in [2.24, 2.45) is 11.8 Å². The molecule has 0 aliphatic rings. The maximum Gasteiger partial charge on any atom is 0.0834 e. The van der Waals surface area contributed by atoms with Crippen LogP contribution in [0.2, 0.25) is 5.02 Å². The molecular weight excluding hydrogens is 252 g/mol. The van der Waals surface area contributed by atoms with E-state index in [2.05, 4.69) is 24.4 Å². The summed E-state index contributed by atoms with van der Waals surface area (Å²) in [5, 5.41) is 4.92. The maximum absolute atomic E-state index is 6.22. The van der Waals surface area contributed by atoms with Crippen LogP contribution in [0.1, 0.15) is 38.4 Å². The smallest absolute Gasteiger partial charge is 0.0834 e. The lowest BCUT2D eigenvalue weighted by Gasteiger charge is -2.24. The maximum atomic E-state index is 6.22. The molecule has 0 amide bonds. The number of hydrogen-bond donors (Lipinski definition) is 2. The zero-order valence-corrected chi connectivity index (χ0v) is 12.1. The summed E-state index contributed by atoms with van der Waals surface area (Å²) >= 11 is 6.22. The number of methoxy groups -OCH3 is 1. The Kier molecular flexibility index (Phi) is 6.63. The topological polar surface area (TPSA) is 65.1 Å². The Bertz CT molecular complexity index is 356. The third-order valence-electron chi connectivity index (χ3n) is 3.13. The molecule has 0 fully saturated rings. The summed E-state index contributed by atoms with van der Waals surface area (Å²) in [6.45, 7) is 5.60. The molecule has 2 atom stereocenters. The summed E-state index contributed by atoms with van der Waals surface area (Å²) in [6.07, 6.45) is 3.86. The van der Waals surface area contributed by atoms with E-state index in [1.807, 2.05) is 4.68 Å². The van der Waals surface area contributed by atoms with Crippen LogP contribution in [0.15, 0.2) is 6.20 Å². The van der Waals surface area contributed by atoms with Crippen molar-refractivity contribution in [2.75, 3.05) is 13.7 Å². The van der Waals surface area contributed by atoms with Crippen LogP contribution in [0, 0.1) is 5.92 Å². The number of rotatable bonds is 8. The highest BCUT2D eigenvalue weighted by Gasteiger charge is 2.24. The van der Waals surface area contributed by atoms with E-state index in [0.29, 0.717) is 24.1 Å². The zero-order chi connectivity index (χ0) is 13.5. The number of nitrogens with one attached hydrogen (secondary N) is 1. The Hall–Kier alpha value is -0.620. The minimum Gasteiger partial charge on any atom is -0.383 e. The van der Waals surface area contributed by atoms with E-state index in [-0.39, 0.29) is 6.04 Å². The van der Waals surface area contributed by atoms with E-state index in [4.69, 9.17) is 22.2 Å². The van der Waals surface area contributed by atoms with Gasteiger partial charge in [0.1, 0.15) is 0 Å². The molecule has 0 saturated carbocycles. The highest BCUT2D eigenvalue weighted by atomic mass is 35.5. The predicted molar refractivity (Wildman–Crippen MR) is 73.2 cm³/mol. The molecular formula is C12H23ClN4O. The van der Waals surface area contributed by atoms with E-state index in [9.17, 15) is 0 Å². The number of nitrogens with two attached hydrogens (primary N) is 1. The molecule has 0 spiro atoms. The van der Waals surface area contributed by atoms with Crippen molar-refractivity contribution < 1.29 is 4.74 Å². The molecule has 2 unspecified atom stereocenters. The first-order valence-corrected chi connectivity index (χ1v) is 6.69. The average Bonchev–Trinajstić information content (AvgIpc) is 2.70. The fourth-order valence-electron chi connectivity index (χ4n) is 2.17. The van der Waals surface area contributed by atoms with Gasteiger partial charge in [-0.05, 0) is 12.3 Å². The number of hydrogen-bond acceptors (Lipinski definition) is 4. The molecule has 0 saturated heterocycles. The monoisotopic (exact) mass is 274 g/mol. The molecule has 0 aliphatic carbocycles. The Morgan fingerprint density at radius 1 is 1.61 bits per heavy atom. The van der Waals surface area contributed by atoms with Crippen LogP contribution in [0.25, 0.3) is 0 Å². The largest absolute Gasteiger partial charge is 0.383 e. The number of aromatic nitrogens is 2. The van der Waals surface area contributed by atoms with Crippen LogP contribution >= 0.6 is 11.6 Å². The van der Waals surface area contributed by atoms with Gasteiger partial charge in [0.05, 0.1) is 36.1 Å². The van der Waals surface area contributed by atoms with Crippen molar-refractivity contribution in [1.29, 1.82) is 0 Å². The van der Waals surface area contributed by atoms with Crippen molar-refractivity contribution in [1.82, 2.24) is 15.2 Å². The number of ether oxygens (including phenoxy) is 1. The van der Waals surface area contributed by atoms with Gasteiger partial charge in [-0.2, -0.15) is 5.10 Å². The average molecular weight is 275 g/mol. The number of halogens is 1. The van der Waals surface area contributed by atoms with Crippen LogP contribution < -0.4 is 11.3 Å². The molecule has 0 radical (unpaired) electrons. The Morgan fingerprint density at radius 3 is 2.89 bits per heavy atom. The van der Waals surface area contributed by atoms with Crippen LogP contribution in [-0.2, 0) is 11.3 Å². The van der Waals surface area contributed by atoms with Crippen molar-refractivity contribution in [3.63, 3.8) is 0 Å². The summed E-state index contributed by atoms with van der Waals surface area (Å²) in [5.74, 6) is 6.08. The SMILES string of the molecule is CCCC(C)C(NN)c1c(Cl)cnn1CCOC. The molecule has 0 aromatic carbocycles. The van der Waals surface area contributed by atoms with Crippen LogP contribution in [0.4, 0.5) is 0 Å². The van der Waals surface area contributed by atoms with Crippen molar-refractivity contribution >= 4 is 11.6 Å². The first-order valence-electron chi connectivity index (χ1n) is 6.31. The molecule has 104 valence electrons. The molecule has 0 aliphatic heterocycles. The summed E-state index contributed by atoms with van der Waals surface area (Å²) in [6, 6.07) is 0.0109. The van der Waals surface area contributed by atoms with Gasteiger partial charge >= 0.3 is 0 Å². The standard InChI is InChI=1S/C12H23ClN4O/c1-4-5-9(2)11(16-14)12-10(13)8-15-17(12)6-7-18-3/h8-9,11,16H,4-7,14H2,1-3H3. The van der Waals surface area contributed by atoms with E-state index in [1.165, 1.54) is 0 Å². The molecule has 18 heavy (non-hydrogen) atoms. The Balaban J connectivity index is 2.92. The van der Waals surface area contributed by atoms with Crippen LogP contribution in [-0.4, -0.2) is 23.5 Å². The molecule has 5 nitrogen and oxygen atoms in total. The minimum atomic E-state index is 0.0109. The second kappa shape index (κ2) is 7.74. The van der Waals surface area contributed by atoms with E-state index in [0.717, 1.165) is 18.5 Å². The summed E-state index contributed by atoms with van der Waals surface area (Å²) in [7, 11) is 1.67. The summed E-state index contributed by atoms with van der Waals surface area (Å²) in [5.41, 5.74) is 3.80. The van der Waals surface area contributed by atoms with Crippen LogP contribution in [0.3, 0.4) is 0 Å².